The monoisotopic (exact) mass is 215 g/mol. The maximum atomic E-state index is 12.8. The molecule has 0 spiro atoms. The van der Waals surface area contributed by atoms with E-state index >= 15 is 0 Å². The molecule has 1 rings (SSSR count). The van der Waals surface area contributed by atoms with Crippen LogP contribution in [0.2, 0.25) is 5.15 Å². The molecule has 0 N–H and O–H groups in total. The summed E-state index contributed by atoms with van der Waals surface area (Å²) >= 11 is 9.39. The van der Waals surface area contributed by atoms with Crippen LogP contribution in [-0.4, -0.2) is 10.7 Å². The highest BCUT2D eigenvalue weighted by Crippen LogP contribution is 2.10. The molecule has 0 aliphatic heterocycles. The molecule has 0 atom stereocenters. The number of nitrogens with zero attached hydrogens (tertiary/aromatic N) is 1. The molecule has 1 nitrogen and oxygen atoms in total. The van der Waals surface area contributed by atoms with E-state index in [-0.39, 0.29) is 5.15 Å². The van der Waals surface area contributed by atoms with Gasteiger partial charge in [0.25, 0.3) is 0 Å². The fourth-order valence-corrected chi connectivity index (χ4v) is 0.925. The molecule has 0 aromatic carbocycles. The van der Waals surface area contributed by atoms with Gasteiger partial charge in [-0.3, -0.25) is 0 Å². The SMILES string of the molecule is Fc1cc(C#CCCS)cnc1Cl. The highest BCUT2D eigenvalue weighted by molar-refractivity contribution is 7.80. The summed E-state index contributed by atoms with van der Waals surface area (Å²) in [7, 11) is 0. The van der Waals surface area contributed by atoms with Gasteiger partial charge in [0.2, 0.25) is 0 Å². The van der Waals surface area contributed by atoms with E-state index in [1.54, 1.807) is 0 Å². The first kappa shape index (κ1) is 10.4. The van der Waals surface area contributed by atoms with Gasteiger partial charge in [0.1, 0.15) is 0 Å². The molecule has 0 saturated heterocycles. The molecule has 4 heteroatoms. The Hall–Kier alpha value is -0.720. The Morgan fingerprint density at radius 2 is 2.38 bits per heavy atom. The smallest absolute Gasteiger partial charge is 0.164 e. The van der Waals surface area contributed by atoms with Crippen molar-refractivity contribution >= 4 is 24.2 Å². The van der Waals surface area contributed by atoms with Crippen molar-refractivity contribution in [2.24, 2.45) is 0 Å². The summed E-state index contributed by atoms with van der Waals surface area (Å²) in [6.45, 7) is 0. The van der Waals surface area contributed by atoms with E-state index in [1.165, 1.54) is 12.3 Å². The van der Waals surface area contributed by atoms with Crippen molar-refractivity contribution in [1.82, 2.24) is 4.98 Å². The summed E-state index contributed by atoms with van der Waals surface area (Å²) < 4.78 is 12.8. The second-order valence-corrected chi connectivity index (χ2v) is 3.08. The average molecular weight is 216 g/mol. The minimum atomic E-state index is -0.542. The van der Waals surface area contributed by atoms with Crippen LogP contribution < -0.4 is 0 Å². The second-order valence-electron chi connectivity index (χ2n) is 2.27. The first-order valence-corrected chi connectivity index (χ1v) is 4.66. The van der Waals surface area contributed by atoms with E-state index in [0.717, 1.165) is 0 Å². The van der Waals surface area contributed by atoms with Gasteiger partial charge in [-0.2, -0.15) is 12.6 Å². The predicted octanol–water partition coefficient (Wildman–Crippen LogP) is 2.55. The van der Waals surface area contributed by atoms with Gasteiger partial charge in [-0.25, -0.2) is 9.37 Å². The molecule has 68 valence electrons. The molecule has 0 aliphatic rings. The number of halogens is 2. The Morgan fingerprint density at radius 1 is 1.62 bits per heavy atom. The van der Waals surface area contributed by atoms with Gasteiger partial charge >= 0.3 is 0 Å². The topological polar surface area (TPSA) is 12.9 Å². The second kappa shape index (κ2) is 5.11. The molecule has 1 aromatic rings. The fraction of sp³-hybridized carbons (Fsp3) is 0.222. The van der Waals surface area contributed by atoms with E-state index in [1.807, 2.05) is 0 Å². The summed E-state index contributed by atoms with van der Waals surface area (Å²) in [6, 6.07) is 1.26. The van der Waals surface area contributed by atoms with Crippen molar-refractivity contribution in [3.8, 4) is 11.8 Å². The minimum absolute atomic E-state index is 0.125. The van der Waals surface area contributed by atoms with Crippen molar-refractivity contribution in [2.75, 3.05) is 5.75 Å². The van der Waals surface area contributed by atoms with Crippen molar-refractivity contribution in [1.29, 1.82) is 0 Å². The lowest BCUT2D eigenvalue weighted by molar-refractivity contribution is 0.621. The van der Waals surface area contributed by atoms with Crippen LogP contribution in [0.4, 0.5) is 4.39 Å². The standard InChI is InChI=1S/C9H7ClFNS/c10-9-8(11)5-7(6-12-9)3-1-2-4-13/h5-6,13H,2,4H2. The van der Waals surface area contributed by atoms with E-state index in [9.17, 15) is 4.39 Å². The maximum Gasteiger partial charge on any atom is 0.164 e. The molecule has 13 heavy (non-hydrogen) atoms. The third kappa shape index (κ3) is 3.25. The van der Waals surface area contributed by atoms with Gasteiger partial charge in [0.15, 0.2) is 11.0 Å². The Bertz CT molecular complexity index is 356. The minimum Gasteiger partial charge on any atom is -0.240 e. The van der Waals surface area contributed by atoms with Crippen LogP contribution >= 0.6 is 24.2 Å². The molecule has 0 unspecified atom stereocenters. The zero-order chi connectivity index (χ0) is 9.68. The van der Waals surface area contributed by atoms with Gasteiger partial charge in [-0.05, 0) is 6.07 Å². The molecule has 0 fully saturated rings. The van der Waals surface area contributed by atoms with Gasteiger partial charge in [0.05, 0.1) is 0 Å². The zero-order valence-electron chi connectivity index (χ0n) is 6.72. The molecule has 0 aliphatic carbocycles. The first-order chi connectivity index (χ1) is 6.24. The Kier molecular flexibility index (Phi) is 4.07. The number of aromatic nitrogens is 1. The van der Waals surface area contributed by atoms with E-state index in [0.29, 0.717) is 17.7 Å². The number of pyridine rings is 1. The van der Waals surface area contributed by atoms with Gasteiger partial charge < -0.3 is 0 Å². The van der Waals surface area contributed by atoms with Crippen molar-refractivity contribution in [3.05, 3.63) is 28.8 Å². The highest BCUT2D eigenvalue weighted by atomic mass is 35.5. The van der Waals surface area contributed by atoms with Crippen LogP contribution in [0.1, 0.15) is 12.0 Å². The van der Waals surface area contributed by atoms with Crippen LogP contribution in [0, 0.1) is 17.7 Å². The maximum absolute atomic E-state index is 12.8. The van der Waals surface area contributed by atoms with E-state index in [4.69, 9.17) is 11.6 Å². The molecule has 0 amide bonds. The molecular weight excluding hydrogens is 209 g/mol. The lowest BCUT2D eigenvalue weighted by Crippen LogP contribution is -1.84. The predicted molar refractivity (Wildman–Crippen MR) is 54.6 cm³/mol. The average Bonchev–Trinajstić information content (AvgIpc) is 2.12. The largest absolute Gasteiger partial charge is 0.240 e. The number of hydrogen-bond acceptors (Lipinski definition) is 2. The van der Waals surface area contributed by atoms with Crippen LogP contribution in [0.5, 0.6) is 0 Å². The van der Waals surface area contributed by atoms with Crippen LogP contribution in [-0.2, 0) is 0 Å². The molecular formula is C9H7ClFNS. The molecule has 1 heterocycles. The summed E-state index contributed by atoms with van der Waals surface area (Å²) in [4.78, 5) is 3.63. The van der Waals surface area contributed by atoms with Crippen LogP contribution in [0.15, 0.2) is 12.3 Å². The third-order valence-corrected chi connectivity index (χ3v) is 1.77. The fourth-order valence-electron chi connectivity index (χ4n) is 0.710. The summed E-state index contributed by atoms with van der Waals surface area (Å²) in [5.74, 6) is 5.72. The normalized spacial score (nSPS) is 9.15. The summed E-state index contributed by atoms with van der Waals surface area (Å²) in [6.07, 6.45) is 2.12. The van der Waals surface area contributed by atoms with E-state index < -0.39 is 5.82 Å². The third-order valence-electron chi connectivity index (χ3n) is 1.27. The molecule has 1 aromatic heterocycles. The Morgan fingerprint density at radius 3 is 3.00 bits per heavy atom. The Labute approximate surface area is 86.7 Å². The zero-order valence-corrected chi connectivity index (χ0v) is 8.37. The molecule has 0 radical (unpaired) electrons. The number of thiol groups is 1. The van der Waals surface area contributed by atoms with Crippen LogP contribution in [0.3, 0.4) is 0 Å². The quantitative estimate of drug-likeness (QED) is 0.432. The van der Waals surface area contributed by atoms with Gasteiger partial charge in [-0.1, -0.05) is 23.4 Å². The lowest BCUT2D eigenvalue weighted by atomic mass is 10.3. The van der Waals surface area contributed by atoms with Crippen molar-refractivity contribution in [3.63, 3.8) is 0 Å². The summed E-state index contributed by atoms with van der Waals surface area (Å²) in [5, 5.41) is -0.125. The first-order valence-electron chi connectivity index (χ1n) is 3.65. The summed E-state index contributed by atoms with van der Waals surface area (Å²) in [5.41, 5.74) is 0.531. The molecule has 0 saturated carbocycles. The van der Waals surface area contributed by atoms with Crippen LogP contribution in [0.25, 0.3) is 0 Å². The van der Waals surface area contributed by atoms with Gasteiger partial charge in [0, 0.05) is 23.9 Å². The lowest BCUT2D eigenvalue weighted by Gasteiger charge is -1.92. The Balaban J connectivity index is 2.81. The van der Waals surface area contributed by atoms with Gasteiger partial charge in [-0.15, -0.1) is 0 Å². The molecule has 0 bridgehead atoms. The number of hydrogen-bond donors (Lipinski definition) is 1. The van der Waals surface area contributed by atoms with Crippen molar-refractivity contribution < 1.29 is 4.39 Å². The highest BCUT2D eigenvalue weighted by Gasteiger charge is 1.99. The number of rotatable bonds is 1. The van der Waals surface area contributed by atoms with E-state index in [2.05, 4.69) is 29.5 Å². The van der Waals surface area contributed by atoms with Crippen molar-refractivity contribution in [2.45, 2.75) is 6.42 Å².